The molecule has 0 saturated carbocycles. The standard InChI is InChI=1S/C55H68F2N4O7/c1-35-41(21-11-23-45(35)56)47-43(49(62)37-15-7-5-8-16-37)33-60(27-29-67-3)54(51(47)64,39-19-13-25-58-31-39)53(66)55(40-20-14-26-59-32-40)52(65)48(42-22-12-24-46(57)36(42)2)44(34-61(55)28-30-68-4)50(63)38-17-9-6-10-18-38/h5-12,15-18,21-24,39-40,43-44,47-48,51-52,58-59,64-65H,13-14,19-20,25-34H2,1-4H3/t39?,40?,43-,44-,47+,48+,51-,52-,54-,55-/m0/s1. The Balaban J connectivity index is 1.44. The number of carbonyl (C=O) groups is 3. The lowest BCUT2D eigenvalue weighted by atomic mass is 9.52. The molecule has 0 bridgehead atoms. The molecule has 4 aromatic carbocycles. The summed E-state index contributed by atoms with van der Waals surface area (Å²) in [5, 5.41) is 35.3. The number of aliphatic hydroxyl groups excluding tert-OH is 2. The smallest absolute Gasteiger partial charge is 0.179 e. The van der Waals surface area contributed by atoms with Gasteiger partial charge in [-0.3, -0.25) is 24.2 Å². The van der Waals surface area contributed by atoms with E-state index in [9.17, 15) is 10.2 Å². The van der Waals surface area contributed by atoms with Crippen LogP contribution in [0.4, 0.5) is 8.78 Å². The summed E-state index contributed by atoms with van der Waals surface area (Å²) >= 11 is 0. The molecule has 10 atom stereocenters. The molecular formula is C55H68F2N4O7. The number of hydrogen-bond donors (Lipinski definition) is 4. The number of halogens is 2. The van der Waals surface area contributed by atoms with Gasteiger partial charge in [0.2, 0.25) is 0 Å². The second-order valence-electron chi connectivity index (χ2n) is 19.5. The predicted octanol–water partition coefficient (Wildman–Crippen LogP) is 6.14. The van der Waals surface area contributed by atoms with E-state index in [1.807, 2.05) is 21.9 Å². The summed E-state index contributed by atoms with van der Waals surface area (Å²) in [4.78, 5) is 52.0. The zero-order chi connectivity index (χ0) is 48.2. The Bertz CT molecular complexity index is 2220. The van der Waals surface area contributed by atoms with Crippen LogP contribution in [-0.4, -0.2) is 140 Å². The number of hydrogen-bond acceptors (Lipinski definition) is 11. The monoisotopic (exact) mass is 935 g/mol. The Morgan fingerprint density at radius 1 is 0.618 bits per heavy atom. The van der Waals surface area contributed by atoms with Crippen LogP contribution in [0.5, 0.6) is 0 Å². The summed E-state index contributed by atoms with van der Waals surface area (Å²) < 4.78 is 43.5. The Hall–Kier alpha value is -4.57. The second-order valence-corrected chi connectivity index (χ2v) is 19.5. The fraction of sp³-hybridized carbons (Fsp3) is 0.509. The molecule has 364 valence electrons. The van der Waals surface area contributed by atoms with Gasteiger partial charge >= 0.3 is 0 Å². The SMILES string of the molecule is COCCN1C[C@H](C(=O)c2ccccc2)[C@@H](c2cccc(F)c2C)[C@H](O)[C@]1(C(=O)[C@]1(C2CCCNC2)[C@@H](O)[C@H](c2cccc(F)c2C)[C@@H](C(=O)c2ccccc2)CN1CCOC)C1CCCNC1. The van der Waals surface area contributed by atoms with Gasteiger partial charge in [-0.05, 0) is 98.8 Å². The van der Waals surface area contributed by atoms with Crippen LogP contribution in [0.2, 0.25) is 0 Å². The van der Waals surface area contributed by atoms with Crippen LogP contribution >= 0.6 is 0 Å². The lowest BCUT2D eigenvalue weighted by Crippen LogP contribution is -2.84. The van der Waals surface area contributed by atoms with Gasteiger partial charge in [0.25, 0.3) is 0 Å². The number of likely N-dealkylation sites (tertiary alicyclic amines) is 2. The molecule has 0 amide bonds. The summed E-state index contributed by atoms with van der Waals surface area (Å²) in [6.07, 6.45) is -0.890. The lowest BCUT2D eigenvalue weighted by molar-refractivity contribution is -0.198. The Morgan fingerprint density at radius 2 is 1.01 bits per heavy atom. The van der Waals surface area contributed by atoms with Gasteiger partial charge in [-0.1, -0.05) is 84.9 Å². The molecular weight excluding hydrogens is 867 g/mol. The molecule has 4 aliphatic rings. The molecule has 11 nitrogen and oxygen atoms in total. The highest BCUT2D eigenvalue weighted by Crippen LogP contribution is 2.56. The van der Waals surface area contributed by atoms with Crippen LogP contribution < -0.4 is 10.6 Å². The van der Waals surface area contributed by atoms with Gasteiger partial charge in [-0.2, -0.15) is 0 Å². The highest BCUT2D eigenvalue weighted by molar-refractivity contribution is 6.03. The predicted molar refractivity (Wildman–Crippen MR) is 257 cm³/mol. The highest BCUT2D eigenvalue weighted by Gasteiger charge is 2.72. The number of nitrogens with one attached hydrogen (secondary N) is 2. The van der Waals surface area contributed by atoms with Crippen molar-refractivity contribution in [3.63, 3.8) is 0 Å². The molecule has 0 spiro atoms. The van der Waals surface area contributed by atoms with Crippen molar-refractivity contribution in [2.24, 2.45) is 23.7 Å². The first kappa shape index (κ1) is 49.8. The van der Waals surface area contributed by atoms with Crippen molar-refractivity contribution in [1.82, 2.24) is 20.4 Å². The molecule has 68 heavy (non-hydrogen) atoms. The zero-order valence-electron chi connectivity index (χ0n) is 39.8. The van der Waals surface area contributed by atoms with Crippen LogP contribution in [-0.2, 0) is 14.3 Å². The number of rotatable bonds is 16. The molecule has 4 aliphatic heterocycles. The third-order valence-electron chi connectivity index (χ3n) is 16.2. The number of Topliss-reactive ketones (excluding diaryl/α,β-unsaturated/α-hetero) is 3. The second kappa shape index (κ2) is 21.6. The van der Waals surface area contributed by atoms with Crippen molar-refractivity contribution < 1.29 is 42.9 Å². The zero-order valence-corrected chi connectivity index (χ0v) is 39.8. The third kappa shape index (κ3) is 8.83. The molecule has 4 heterocycles. The first-order valence-electron chi connectivity index (χ1n) is 24.4. The van der Waals surface area contributed by atoms with E-state index in [0.29, 0.717) is 74.1 Å². The average molecular weight is 935 g/mol. The van der Waals surface area contributed by atoms with Crippen LogP contribution in [0, 0.1) is 49.2 Å². The van der Waals surface area contributed by atoms with Crippen molar-refractivity contribution in [3.05, 3.63) is 142 Å². The van der Waals surface area contributed by atoms with Crippen LogP contribution in [0.15, 0.2) is 97.1 Å². The minimum atomic E-state index is -1.84. The summed E-state index contributed by atoms with van der Waals surface area (Å²) in [5.74, 6) is -7.14. The van der Waals surface area contributed by atoms with E-state index in [2.05, 4.69) is 10.6 Å². The number of ether oxygens (including phenoxy) is 2. The normalized spacial score (nSPS) is 30.5. The topological polar surface area (TPSA) is 141 Å². The van der Waals surface area contributed by atoms with Gasteiger partial charge in [0.15, 0.2) is 17.3 Å². The number of carbonyl (C=O) groups excluding carboxylic acids is 3. The Kier molecular flexibility index (Phi) is 15.8. The quantitative estimate of drug-likeness (QED) is 0.0965. The molecule has 4 aromatic rings. The molecule has 13 heteroatoms. The minimum Gasteiger partial charge on any atom is -0.390 e. The van der Waals surface area contributed by atoms with E-state index in [1.165, 1.54) is 12.1 Å². The Morgan fingerprint density at radius 3 is 1.37 bits per heavy atom. The summed E-state index contributed by atoms with van der Waals surface area (Å²) in [5.41, 5.74) is -1.45. The third-order valence-corrected chi connectivity index (χ3v) is 16.2. The molecule has 0 radical (unpaired) electrons. The van der Waals surface area contributed by atoms with E-state index in [4.69, 9.17) is 9.47 Å². The molecule has 0 aliphatic carbocycles. The lowest BCUT2D eigenvalue weighted by Gasteiger charge is -2.65. The van der Waals surface area contributed by atoms with E-state index in [0.717, 1.165) is 0 Å². The number of methoxy groups -OCH3 is 2. The first-order chi connectivity index (χ1) is 32.9. The van der Waals surface area contributed by atoms with Gasteiger partial charge in [0, 0.05) is 88.3 Å². The fourth-order valence-electron chi connectivity index (χ4n) is 12.9. The maximum absolute atomic E-state index is 17.9. The van der Waals surface area contributed by atoms with Crippen LogP contribution in [0.25, 0.3) is 0 Å². The summed E-state index contributed by atoms with van der Waals surface area (Å²) in [6, 6.07) is 27.1. The van der Waals surface area contributed by atoms with Gasteiger partial charge in [0.1, 0.15) is 22.7 Å². The molecule has 4 saturated heterocycles. The maximum atomic E-state index is 17.9. The van der Waals surface area contributed by atoms with Crippen LogP contribution in [0.3, 0.4) is 0 Å². The maximum Gasteiger partial charge on any atom is 0.179 e. The van der Waals surface area contributed by atoms with Crippen molar-refractivity contribution >= 4 is 17.3 Å². The molecule has 4 N–H and O–H groups in total. The number of aliphatic hydroxyl groups is 2. The van der Waals surface area contributed by atoms with Gasteiger partial charge in [0.05, 0.1) is 25.4 Å². The van der Waals surface area contributed by atoms with Crippen molar-refractivity contribution in [2.45, 2.75) is 74.7 Å². The average Bonchev–Trinajstić information content (AvgIpc) is 3.37. The van der Waals surface area contributed by atoms with Gasteiger partial charge < -0.3 is 30.3 Å². The van der Waals surface area contributed by atoms with E-state index < -0.39 is 76.2 Å². The highest BCUT2D eigenvalue weighted by atomic mass is 19.1. The van der Waals surface area contributed by atoms with E-state index >= 15 is 23.2 Å². The van der Waals surface area contributed by atoms with E-state index in [1.54, 1.807) is 101 Å². The van der Waals surface area contributed by atoms with Gasteiger partial charge in [-0.25, -0.2) is 8.78 Å². The number of piperidine rings is 4. The largest absolute Gasteiger partial charge is 0.390 e. The summed E-state index contributed by atoms with van der Waals surface area (Å²) in [7, 11) is 3.14. The van der Waals surface area contributed by atoms with Crippen molar-refractivity contribution in [3.8, 4) is 0 Å². The van der Waals surface area contributed by atoms with E-state index in [-0.39, 0.29) is 62.1 Å². The number of benzene rings is 4. The minimum absolute atomic E-state index is 0.00568. The van der Waals surface area contributed by atoms with Crippen LogP contribution in [0.1, 0.15) is 80.5 Å². The summed E-state index contributed by atoms with van der Waals surface area (Å²) in [6.45, 7) is 5.88. The molecule has 0 aromatic heterocycles. The fourth-order valence-corrected chi connectivity index (χ4v) is 12.9. The number of ketones is 3. The van der Waals surface area contributed by atoms with Gasteiger partial charge in [-0.15, -0.1) is 0 Å². The van der Waals surface area contributed by atoms with Crippen molar-refractivity contribution in [2.75, 3.05) is 79.8 Å². The molecule has 2 unspecified atom stereocenters. The first-order valence-corrected chi connectivity index (χ1v) is 24.4. The van der Waals surface area contributed by atoms with Crippen molar-refractivity contribution in [1.29, 1.82) is 0 Å². The molecule has 4 fully saturated rings. The number of nitrogens with zero attached hydrogens (tertiary/aromatic N) is 2. The Labute approximate surface area is 399 Å². The molecule has 8 rings (SSSR count).